The smallest absolute Gasteiger partial charge is 0.362 e. The summed E-state index contributed by atoms with van der Waals surface area (Å²) >= 11 is 0. The lowest BCUT2D eigenvalue weighted by atomic mass is 10.1. The van der Waals surface area contributed by atoms with Crippen molar-refractivity contribution in [2.75, 3.05) is 23.3 Å². The normalized spacial score (nSPS) is 16.8. The fourth-order valence-electron chi connectivity index (χ4n) is 2.74. The van der Waals surface area contributed by atoms with Crippen molar-refractivity contribution in [2.45, 2.75) is 19.1 Å². The van der Waals surface area contributed by atoms with Gasteiger partial charge in [-0.2, -0.15) is 13.2 Å². The third-order valence-electron chi connectivity index (χ3n) is 3.92. The van der Waals surface area contributed by atoms with Crippen molar-refractivity contribution in [1.82, 2.24) is 10.3 Å². The Balaban J connectivity index is 1.89. The van der Waals surface area contributed by atoms with Crippen LogP contribution in [0.4, 0.5) is 30.4 Å². The van der Waals surface area contributed by atoms with Gasteiger partial charge in [-0.05, 0) is 36.4 Å². The predicted octanol–water partition coefficient (Wildman–Crippen LogP) is 3.17. The number of nitrogens with one attached hydrogen (secondary N) is 2. The summed E-state index contributed by atoms with van der Waals surface area (Å²) in [6, 6.07) is 8.52. The molecule has 0 bridgehead atoms. The Hall–Kier alpha value is -2.77. The third kappa shape index (κ3) is 3.84. The highest BCUT2D eigenvalue weighted by molar-refractivity contribution is 5.77. The average molecular weight is 350 g/mol. The quantitative estimate of drug-likeness (QED) is 0.893. The topological polar surface area (TPSA) is 57.3 Å². The molecule has 0 fully saturated rings. The monoisotopic (exact) mass is 350 g/mol. The zero-order valence-electron chi connectivity index (χ0n) is 13.5. The molecule has 0 radical (unpaired) electrons. The minimum Gasteiger partial charge on any atom is -0.362 e. The van der Waals surface area contributed by atoms with E-state index in [1.54, 1.807) is 12.3 Å². The fourth-order valence-corrected chi connectivity index (χ4v) is 2.74. The summed E-state index contributed by atoms with van der Waals surface area (Å²) in [5.41, 5.74) is 0.727. The van der Waals surface area contributed by atoms with Crippen molar-refractivity contribution in [3.05, 3.63) is 48.2 Å². The third-order valence-corrected chi connectivity index (χ3v) is 3.92. The van der Waals surface area contributed by atoms with Crippen LogP contribution in [-0.4, -0.2) is 30.0 Å². The molecule has 0 saturated carbocycles. The summed E-state index contributed by atoms with van der Waals surface area (Å²) in [7, 11) is 0. The highest BCUT2D eigenvalue weighted by atomic mass is 19.4. The van der Waals surface area contributed by atoms with Gasteiger partial charge in [0.15, 0.2) is 0 Å². The van der Waals surface area contributed by atoms with Crippen LogP contribution in [0.25, 0.3) is 0 Å². The number of hydrogen-bond donors (Lipinski definition) is 2. The van der Waals surface area contributed by atoms with Gasteiger partial charge in [-0.1, -0.05) is 0 Å². The van der Waals surface area contributed by atoms with E-state index in [1.165, 1.54) is 19.1 Å². The van der Waals surface area contributed by atoms with Gasteiger partial charge in [-0.25, -0.2) is 4.98 Å². The molecule has 132 valence electrons. The lowest BCUT2D eigenvalue weighted by Crippen LogP contribution is -2.46. The molecule has 1 aromatic carbocycles. The minimum atomic E-state index is -4.37. The van der Waals surface area contributed by atoms with Crippen LogP contribution < -0.4 is 15.5 Å². The van der Waals surface area contributed by atoms with Crippen LogP contribution in [0.2, 0.25) is 0 Å². The van der Waals surface area contributed by atoms with Crippen molar-refractivity contribution in [1.29, 1.82) is 0 Å². The Bertz CT molecular complexity index is 761. The maximum absolute atomic E-state index is 12.8. The van der Waals surface area contributed by atoms with Crippen molar-refractivity contribution < 1.29 is 18.0 Å². The molecular formula is C17H17F3N4O. The number of anilines is 3. The van der Waals surface area contributed by atoms with Gasteiger partial charge >= 0.3 is 6.18 Å². The Morgan fingerprint density at radius 2 is 2.04 bits per heavy atom. The Labute approximate surface area is 142 Å². The molecule has 1 amide bonds. The van der Waals surface area contributed by atoms with E-state index < -0.39 is 11.7 Å². The number of halogens is 3. The molecule has 0 saturated heterocycles. The van der Waals surface area contributed by atoms with E-state index in [9.17, 15) is 18.0 Å². The Morgan fingerprint density at radius 3 is 2.68 bits per heavy atom. The number of nitrogens with zero attached hydrogens (tertiary/aromatic N) is 2. The molecule has 1 aliphatic rings. The number of carbonyl (C=O) groups is 1. The lowest BCUT2D eigenvalue weighted by molar-refractivity contribution is -0.137. The number of alkyl halides is 3. The molecular weight excluding hydrogens is 333 g/mol. The molecule has 0 spiro atoms. The second kappa shape index (κ2) is 6.62. The molecule has 0 unspecified atom stereocenters. The van der Waals surface area contributed by atoms with Gasteiger partial charge in [0.25, 0.3) is 0 Å². The maximum Gasteiger partial charge on any atom is 0.416 e. The molecule has 3 rings (SSSR count). The molecule has 1 atom stereocenters. The van der Waals surface area contributed by atoms with Crippen molar-refractivity contribution in [2.24, 2.45) is 0 Å². The molecule has 8 heteroatoms. The van der Waals surface area contributed by atoms with Crippen molar-refractivity contribution in [3.8, 4) is 0 Å². The molecule has 0 aliphatic carbocycles. The second-order valence-corrected chi connectivity index (χ2v) is 5.80. The van der Waals surface area contributed by atoms with Gasteiger partial charge in [0.2, 0.25) is 5.91 Å². The molecule has 1 aliphatic heterocycles. The minimum absolute atomic E-state index is 0.117. The number of fused-ring (bicyclic) bond motifs is 1. The summed E-state index contributed by atoms with van der Waals surface area (Å²) in [5, 5.41) is 5.98. The van der Waals surface area contributed by atoms with E-state index in [4.69, 9.17) is 0 Å². The first-order valence-corrected chi connectivity index (χ1v) is 7.75. The Kier molecular flexibility index (Phi) is 4.52. The zero-order chi connectivity index (χ0) is 18.0. The summed E-state index contributed by atoms with van der Waals surface area (Å²) in [5.74, 6) is 0.485. The van der Waals surface area contributed by atoms with E-state index in [0.717, 1.165) is 17.8 Å². The molecule has 2 heterocycles. The highest BCUT2D eigenvalue weighted by Crippen LogP contribution is 2.36. The first-order valence-electron chi connectivity index (χ1n) is 7.75. The fraction of sp³-hybridized carbons (Fsp3) is 0.294. The van der Waals surface area contributed by atoms with E-state index in [1.807, 2.05) is 11.0 Å². The first kappa shape index (κ1) is 17.1. The summed E-state index contributed by atoms with van der Waals surface area (Å²) in [4.78, 5) is 17.3. The van der Waals surface area contributed by atoms with E-state index in [2.05, 4.69) is 15.6 Å². The van der Waals surface area contributed by atoms with E-state index in [0.29, 0.717) is 24.6 Å². The number of benzene rings is 1. The predicted molar refractivity (Wildman–Crippen MR) is 88.8 cm³/mol. The number of aromatic nitrogens is 1. The van der Waals surface area contributed by atoms with E-state index >= 15 is 0 Å². The van der Waals surface area contributed by atoms with Crippen LogP contribution >= 0.6 is 0 Å². The maximum atomic E-state index is 12.8. The highest BCUT2D eigenvalue weighted by Gasteiger charge is 2.31. The number of pyridine rings is 1. The van der Waals surface area contributed by atoms with Crippen LogP contribution in [0.3, 0.4) is 0 Å². The summed E-state index contributed by atoms with van der Waals surface area (Å²) in [6.45, 7) is 2.31. The van der Waals surface area contributed by atoms with Crippen LogP contribution in [0, 0.1) is 0 Å². The molecule has 2 N–H and O–H groups in total. The first-order chi connectivity index (χ1) is 11.8. The van der Waals surface area contributed by atoms with Crippen molar-refractivity contribution in [3.63, 3.8) is 0 Å². The van der Waals surface area contributed by atoms with Crippen LogP contribution in [0.5, 0.6) is 0 Å². The van der Waals surface area contributed by atoms with Gasteiger partial charge in [0.1, 0.15) is 5.82 Å². The molecule has 25 heavy (non-hydrogen) atoms. The van der Waals surface area contributed by atoms with Crippen molar-refractivity contribution >= 4 is 23.1 Å². The SMILES string of the molecule is CC(=O)NC[C@@H]1CN(c2ccc(C(F)(F)F)cc2)c2cccnc2N1. The van der Waals surface area contributed by atoms with Crippen LogP contribution in [0.15, 0.2) is 42.6 Å². The standard InChI is InChI=1S/C17H17F3N4O/c1-11(25)22-9-13-10-24(15-3-2-8-21-16(15)23-13)14-6-4-12(5-7-14)17(18,19)20/h2-8,13H,9-10H2,1H3,(H,21,23)(H,22,25)/t13-/m1/s1. The van der Waals surface area contributed by atoms with Gasteiger partial charge in [0, 0.05) is 31.9 Å². The van der Waals surface area contributed by atoms with Gasteiger partial charge in [-0.3, -0.25) is 4.79 Å². The molecule has 1 aromatic heterocycles. The largest absolute Gasteiger partial charge is 0.416 e. The van der Waals surface area contributed by atoms with E-state index in [-0.39, 0.29) is 11.9 Å². The lowest BCUT2D eigenvalue weighted by Gasteiger charge is -2.36. The number of amides is 1. The Morgan fingerprint density at radius 1 is 1.32 bits per heavy atom. The van der Waals surface area contributed by atoms with Crippen LogP contribution in [-0.2, 0) is 11.0 Å². The second-order valence-electron chi connectivity index (χ2n) is 5.80. The van der Waals surface area contributed by atoms with Gasteiger partial charge in [-0.15, -0.1) is 0 Å². The molecule has 2 aromatic rings. The van der Waals surface area contributed by atoms with Gasteiger partial charge in [0.05, 0.1) is 17.3 Å². The number of rotatable bonds is 3. The van der Waals surface area contributed by atoms with Crippen LogP contribution in [0.1, 0.15) is 12.5 Å². The summed E-state index contributed by atoms with van der Waals surface area (Å²) in [6.07, 6.45) is -2.73. The average Bonchev–Trinajstić information content (AvgIpc) is 2.58. The zero-order valence-corrected chi connectivity index (χ0v) is 13.5. The number of carbonyl (C=O) groups excluding carboxylic acids is 1. The molecule has 5 nitrogen and oxygen atoms in total. The van der Waals surface area contributed by atoms with Gasteiger partial charge < -0.3 is 15.5 Å². The number of hydrogen-bond acceptors (Lipinski definition) is 4. The summed E-state index contributed by atoms with van der Waals surface area (Å²) < 4.78 is 38.3.